The van der Waals surface area contributed by atoms with E-state index in [0.717, 1.165) is 63.3 Å². The standard InChI is InChI=1S/C21H31N5O2.HI/c22-21(24-18-8-15-28-19-7-2-1-6-17(18)19)23-9-10-25-11-13-26(14-12-25)20(27)16-4-3-5-16;/h1-2,6-7,16,18H,3-5,8-15H2,(H3,22,23,24);1H. The molecule has 2 aliphatic heterocycles. The fraction of sp³-hybridized carbons (Fsp3) is 0.619. The van der Waals surface area contributed by atoms with E-state index >= 15 is 0 Å². The molecule has 3 aliphatic rings. The molecule has 1 saturated heterocycles. The number of piperazine rings is 1. The van der Waals surface area contributed by atoms with Crippen molar-refractivity contribution in [2.24, 2.45) is 16.6 Å². The molecule has 2 heterocycles. The minimum absolute atomic E-state index is 0. The highest BCUT2D eigenvalue weighted by Crippen LogP contribution is 2.31. The van der Waals surface area contributed by atoms with Crippen LogP contribution in [0.15, 0.2) is 29.3 Å². The average Bonchev–Trinajstić information content (AvgIpc) is 2.67. The summed E-state index contributed by atoms with van der Waals surface area (Å²) >= 11 is 0. The Kier molecular flexibility index (Phi) is 7.99. The third-order valence-electron chi connectivity index (χ3n) is 6.12. The van der Waals surface area contributed by atoms with E-state index in [-0.39, 0.29) is 30.0 Å². The van der Waals surface area contributed by atoms with Gasteiger partial charge < -0.3 is 20.7 Å². The number of nitrogens with zero attached hydrogens (tertiary/aromatic N) is 3. The molecule has 8 heteroatoms. The van der Waals surface area contributed by atoms with E-state index in [9.17, 15) is 4.79 Å². The first kappa shape index (κ1) is 22.1. The van der Waals surface area contributed by atoms with Gasteiger partial charge in [0, 0.05) is 50.6 Å². The molecule has 160 valence electrons. The minimum Gasteiger partial charge on any atom is -0.493 e. The molecule has 0 radical (unpaired) electrons. The highest BCUT2D eigenvalue weighted by atomic mass is 127. The van der Waals surface area contributed by atoms with E-state index in [2.05, 4.69) is 21.3 Å². The van der Waals surface area contributed by atoms with Crippen molar-refractivity contribution in [1.29, 1.82) is 0 Å². The number of carbonyl (C=O) groups is 1. The first-order valence-electron chi connectivity index (χ1n) is 10.5. The van der Waals surface area contributed by atoms with Gasteiger partial charge in [0.25, 0.3) is 0 Å². The molecular formula is C21H32IN5O2. The van der Waals surface area contributed by atoms with Gasteiger partial charge in [-0.2, -0.15) is 0 Å². The SMILES string of the molecule is I.NC(=NCCN1CCN(C(=O)C2CCC2)CC1)NC1CCOc2ccccc21. The molecule has 2 fully saturated rings. The number of halogens is 1. The monoisotopic (exact) mass is 513 g/mol. The van der Waals surface area contributed by atoms with Crippen LogP contribution in [0, 0.1) is 5.92 Å². The van der Waals surface area contributed by atoms with E-state index < -0.39 is 0 Å². The molecule has 1 amide bonds. The zero-order chi connectivity index (χ0) is 19.3. The predicted molar refractivity (Wildman–Crippen MR) is 125 cm³/mol. The molecule has 0 aromatic heterocycles. The summed E-state index contributed by atoms with van der Waals surface area (Å²) in [6, 6.07) is 8.22. The number of ether oxygens (including phenoxy) is 1. The molecule has 1 saturated carbocycles. The maximum absolute atomic E-state index is 12.3. The van der Waals surface area contributed by atoms with E-state index in [1.807, 2.05) is 23.1 Å². The Morgan fingerprint density at radius 1 is 1.17 bits per heavy atom. The molecule has 3 N–H and O–H groups in total. The lowest BCUT2D eigenvalue weighted by atomic mass is 9.84. The van der Waals surface area contributed by atoms with Gasteiger partial charge in [-0.3, -0.25) is 14.7 Å². The van der Waals surface area contributed by atoms with Gasteiger partial charge >= 0.3 is 0 Å². The quantitative estimate of drug-likeness (QED) is 0.358. The number of para-hydroxylation sites is 1. The number of benzene rings is 1. The smallest absolute Gasteiger partial charge is 0.225 e. The summed E-state index contributed by atoms with van der Waals surface area (Å²) < 4.78 is 5.69. The van der Waals surface area contributed by atoms with Crippen molar-refractivity contribution >= 4 is 35.8 Å². The van der Waals surface area contributed by atoms with Gasteiger partial charge in [0.15, 0.2) is 5.96 Å². The number of nitrogens with one attached hydrogen (secondary N) is 1. The van der Waals surface area contributed by atoms with Crippen LogP contribution in [0.2, 0.25) is 0 Å². The zero-order valence-corrected chi connectivity index (χ0v) is 19.2. The van der Waals surface area contributed by atoms with Crippen LogP contribution in [0.4, 0.5) is 0 Å². The Morgan fingerprint density at radius 2 is 1.93 bits per heavy atom. The van der Waals surface area contributed by atoms with Crippen molar-refractivity contribution in [3.63, 3.8) is 0 Å². The van der Waals surface area contributed by atoms with Gasteiger partial charge in [-0.25, -0.2) is 0 Å². The van der Waals surface area contributed by atoms with Crippen LogP contribution >= 0.6 is 24.0 Å². The van der Waals surface area contributed by atoms with Gasteiger partial charge in [0.05, 0.1) is 19.2 Å². The molecular weight excluding hydrogens is 481 g/mol. The minimum atomic E-state index is 0. The van der Waals surface area contributed by atoms with E-state index in [1.54, 1.807) is 0 Å². The van der Waals surface area contributed by atoms with Crippen LogP contribution in [-0.4, -0.2) is 67.5 Å². The summed E-state index contributed by atoms with van der Waals surface area (Å²) in [5, 5.41) is 3.34. The summed E-state index contributed by atoms with van der Waals surface area (Å²) in [6.45, 7) is 5.75. The molecule has 1 unspecified atom stereocenters. The van der Waals surface area contributed by atoms with Gasteiger partial charge in [-0.15, -0.1) is 24.0 Å². The van der Waals surface area contributed by atoms with Crippen LogP contribution in [0.25, 0.3) is 0 Å². The van der Waals surface area contributed by atoms with Crippen LogP contribution in [-0.2, 0) is 4.79 Å². The predicted octanol–water partition coefficient (Wildman–Crippen LogP) is 1.98. The molecule has 1 aliphatic carbocycles. The fourth-order valence-electron chi connectivity index (χ4n) is 4.13. The Labute approximate surface area is 190 Å². The molecule has 0 bridgehead atoms. The van der Waals surface area contributed by atoms with Gasteiger partial charge in [0.1, 0.15) is 5.75 Å². The maximum atomic E-state index is 12.3. The van der Waals surface area contributed by atoms with Crippen molar-refractivity contribution in [1.82, 2.24) is 15.1 Å². The lowest BCUT2D eigenvalue weighted by Gasteiger charge is -2.38. The van der Waals surface area contributed by atoms with Crippen molar-refractivity contribution < 1.29 is 9.53 Å². The number of carbonyl (C=O) groups excluding carboxylic acids is 1. The summed E-state index contributed by atoms with van der Waals surface area (Å²) in [7, 11) is 0. The van der Waals surface area contributed by atoms with Crippen LogP contribution < -0.4 is 15.8 Å². The van der Waals surface area contributed by atoms with Crippen LogP contribution in [0.3, 0.4) is 0 Å². The second kappa shape index (κ2) is 10.5. The van der Waals surface area contributed by atoms with Crippen molar-refractivity contribution in [3.05, 3.63) is 29.8 Å². The number of hydrogen-bond acceptors (Lipinski definition) is 4. The summed E-state index contributed by atoms with van der Waals surface area (Å²) in [5.74, 6) is 2.08. The number of amides is 1. The highest BCUT2D eigenvalue weighted by molar-refractivity contribution is 14.0. The Balaban J connectivity index is 0.00000240. The van der Waals surface area contributed by atoms with E-state index in [1.165, 1.54) is 6.42 Å². The zero-order valence-electron chi connectivity index (χ0n) is 16.9. The number of guanidine groups is 1. The first-order valence-corrected chi connectivity index (χ1v) is 10.5. The van der Waals surface area contributed by atoms with Crippen molar-refractivity contribution in [2.45, 2.75) is 31.7 Å². The van der Waals surface area contributed by atoms with Crippen LogP contribution in [0.1, 0.15) is 37.3 Å². The Bertz CT molecular complexity index is 717. The van der Waals surface area contributed by atoms with Gasteiger partial charge in [-0.1, -0.05) is 24.6 Å². The molecule has 1 aromatic carbocycles. The van der Waals surface area contributed by atoms with Gasteiger partial charge in [0.2, 0.25) is 5.91 Å². The number of fused-ring (bicyclic) bond motifs is 1. The molecule has 0 spiro atoms. The summed E-state index contributed by atoms with van der Waals surface area (Å²) in [5.41, 5.74) is 7.26. The second-order valence-electron chi connectivity index (χ2n) is 7.93. The van der Waals surface area contributed by atoms with Crippen molar-refractivity contribution in [2.75, 3.05) is 45.9 Å². The van der Waals surface area contributed by atoms with Gasteiger partial charge in [-0.05, 0) is 18.9 Å². The number of rotatable bonds is 5. The Hall–Kier alpha value is -1.55. The fourth-order valence-corrected chi connectivity index (χ4v) is 4.13. The summed E-state index contributed by atoms with van der Waals surface area (Å²) in [4.78, 5) is 21.2. The van der Waals surface area contributed by atoms with E-state index in [0.29, 0.717) is 30.9 Å². The third-order valence-corrected chi connectivity index (χ3v) is 6.12. The number of nitrogens with two attached hydrogens (primary N) is 1. The molecule has 1 aromatic rings. The lowest BCUT2D eigenvalue weighted by molar-refractivity contribution is -0.139. The Morgan fingerprint density at radius 3 is 2.66 bits per heavy atom. The number of aliphatic imine (C=N–C) groups is 1. The molecule has 1 atom stereocenters. The van der Waals surface area contributed by atoms with E-state index in [4.69, 9.17) is 10.5 Å². The maximum Gasteiger partial charge on any atom is 0.225 e. The molecule has 4 rings (SSSR count). The van der Waals surface area contributed by atoms with Crippen LogP contribution in [0.5, 0.6) is 5.75 Å². The lowest BCUT2D eigenvalue weighted by Crippen LogP contribution is -2.51. The molecule has 7 nitrogen and oxygen atoms in total. The number of hydrogen-bond donors (Lipinski definition) is 2. The normalized spacial score (nSPS) is 22.7. The summed E-state index contributed by atoms with van der Waals surface area (Å²) in [6.07, 6.45) is 4.25. The van der Waals surface area contributed by atoms with Crippen molar-refractivity contribution in [3.8, 4) is 5.75 Å². The largest absolute Gasteiger partial charge is 0.493 e. The highest BCUT2D eigenvalue weighted by Gasteiger charge is 2.31. The first-order chi connectivity index (χ1) is 13.7. The average molecular weight is 513 g/mol. The topological polar surface area (TPSA) is 83.2 Å². The molecule has 29 heavy (non-hydrogen) atoms. The third kappa shape index (κ3) is 5.53. The second-order valence-corrected chi connectivity index (χ2v) is 7.93.